The van der Waals surface area contributed by atoms with Crippen LogP contribution in [0.25, 0.3) is 0 Å². The van der Waals surface area contributed by atoms with Crippen molar-refractivity contribution in [3.63, 3.8) is 0 Å². The number of hydrogen-bond acceptors (Lipinski definition) is 5. The molecule has 2 aliphatic heterocycles. The molecule has 0 saturated carbocycles. The van der Waals surface area contributed by atoms with E-state index in [9.17, 15) is 9.59 Å². The molecule has 7 heteroatoms. The summed E-state index contributed by atoms with van der Waals surface area (Å²) in [6, 6.07) is 9.64. The van der Waals surface area contributed by atoms with E-state index >= 15 is 0 Å². The zero-order valence-electron chi connectivity index (χ0n) is 17.1. The number of aryl methyl sites for hydroxylation is 3. The van der Waals surface area contributed by atoms with Crippen molar-refractivity contribution in [3.05, 3.63) is 47.2 Å². The van der Waals surface area contributed by atoms with Crippen molar-refractivity contribution in [2.24, 2.45) is 5.92 Å². The topological polar surface area (TPSA) is 75.6 Å². The van der Waals surface area contributed by atoms with Gasteiger partial charge in [-0.05, 0) is 50.1 Å². The molecule has 29 heavy (non-hydrogen) atoms. The minimum absolute atomic E-state index is 0.00790. The van der Waals surface area contributed by atoms with Crippen LogP contribution in [-0.2, 0) is 9.59 Å². The fourth-order valence-corrected chi connectivity index (χ4v) is 3.92. The maximum Gasteiger partial charge on any atom is 0.233 e. The minimum atomic E-state index is -0.304. The van der Waals surface area contributed by atoms with Gasteiger partial charge in [-0.25, -0.2) is 0 Å². The first-order valence-electron chi connectivity index (χ1n) is 10.0. The standard InChI is InChI=1S/C22H26N4O3/c1-14-4-6-18(10-15(14)2)26-12-17(11-21(26)27)22(28)25-9-8-19(13-25)29-20-7-5-16(3)23-24-20/h4-7,10,17,19H,8-9,11-13H2,1-3H3. The molecule has 2 aliphatic rings. The molecule has 1 aromatic heterocycles. The molecule has 0 radical (unpaired) electrons. The lowest BCUT2D eigenvalue weighted by atomic mass is 10.1. The van der Waals surface area contributed by atoms with Crippen LogP contribution in [0.15, 0.2) is 30.3 Å². The van der Waals surface area contributed by atoms with E-state index < -0.39 is 0 Å². The Balaban J connectivity index is 1.37. The molecule has 0 spiro atoms. The first-order valence-corrected chi connectivity index (χ1v) is 10.0. The zero-order valence-corrected chi connectivity index (χ0v) is 17.1. The third kappa shape index (κ3) is 4.09. The molecule has 4 rings (SSSR count). The van der Waals surface area contributed by atoms with Gasteiger partial charge in [0.25, 0.3) is 0 Å². The van der Waals surface area contributed by atoms with Crippen molar-refractivity contribution in [1.82, 2.24) is 15.1 Å². The summed E-state index contributed by atoms with van der Waals surface area (Å²) >= 11 is 0. The van der Waals surface area contributed by atoms with Gasteiger partial charge in [-0.15, -0.1) is 5.10 Å². The number of carbonyl (C=O) groups is 2. The summed E-state index contributed by atoms with van der Waals surface area (Å²) < 4.78 is 5.86. The van der Waals surface area contributed by atoms with Crippen LogP contribution in [0.2, 0.25) is 0 Å². The van der Waals surface area contributed by atoms with E-state index in [0.717, 1.165) is 23.4 Å². The zero-order chi connectivity index (χ0) is 20.5. The largest absolute Gasteiger partial charge is 0.471 e. The van der Waals surface area contributed by atoms with Gasteiger partial charge >= 0.3 is 0 Å². The highest BCUT2D eigenvalue weighted by Crippen LogP contribution is 2.29. The van der Waals surface area contributed by atoms with Gasteiger partial charge in [-0.1, -0.05) is 6.07 Å². The molecular formula is C22H26N4O3. The Kier molecular flexibility index (Phi) is 5.22. The molecule has 2 fully saturated rings. The Hall–Kier alpha value is -2.96. The second-order valence-electron chi connectivity index (χ2n) is 8.00. The van der Waals surface area contributed by atoms with Gasteiger partial charge in [0.15, 0.2) is 0 Å². The van der Waals surface area contributed by atoms with E-state index in [0.29, 0.717) is 25.5 Å². The molecular weight excluding hydrogens is 368 g/mol. The highest BCUT2D eigenvalue weighted by atomic mass is 16.5. The van der Waals surface area contributed by atoms with Gasteiger partial charge in [0, 0.05) is 37.7 Å². The van der Waals surface area contributed by atoms with Gasteiger partial charge in [-0.3, -0.25) is 9.59 Å². The third-order valence-electron chi connectivity index (χ3n) is 5.79. The van der Waals surface area contributed by atoms with Crippen molar-refractivity contribution in [2.75, 3.05) is 24.5 Å². The molecule has 2 aromatic rings. The fraction of sp³-hybridized carbons (Fsp3) is 0.455. The average molecular weight is 394 g/mol. The summed E-state index contributed by atoms with van der Waals surface area (Å²) in [4.78, 5) is 29.1. The van der Waals surface area contributed by atoms with Crippen LogP contribution < -0.4 is 9.64 Å². The molecule has 0 aliphatic carbocycles. The summed E-state index contributed by atoms with van der Waals surface area (Å²) in [5.41, 5.74) is 4.03. The van der Waals surface area contributed by atoms with Gasteiger partial charge in [-0.2, -0.15) is 5.10 Å². The van der Waals surface area contributed by atoms with Crippen LogP contribution in [0.3, 0.4) is 0 Å². The van der Waals surface area contributed by atoms with E-state index in [2.05, 4.69) is 10.2 Å². The molecule has 3 heterocycles. The maximum absolute atomic E-state index is 13.0. The predicted molar refractivity (Wildman–Crippen MR) is 109 cm³/mol. The fourth-order valence-electron chi connectivity index (χ4n) is 3.92. The molecule has 2 saturated heterocycles. The number of carbonyl (C=O) groups excluding carboxylic acids is 2. The Morgan fingerprint density at radius 3 is 2.62 bits per heavy atom. The second kappa shape index (κ2) is 7.81. The van der Waals surface area contributed by atoms with Gasteiger partial charge < -0.3 is 14.5 Å². The van der Waals surface area contributed by atoms with E-state index in [4.69, 9.17) is 4.74 Å². The van der Waals surface area contributed by atoms with Crippen LogP contribution in [0, 0.1) is 26.7 Å². The lowest BCUT2D eigenvalue weighted by Gasteiger charge is -2.21. The van der Waals surface area contributed by atoms with Crippen molar-refractivity contribution in [2.45, 2.75) is 39.7 Å². The third-order valence-corrected chi connectivity index (χ3v) is 5.79. The number of aromatic nitrogens is 2. The lowest BCUT2D eigenvalue weighted by molar-refractivity contribution is -0.135. The Morgan fingerprint density at radius 2 is 1.90 bits per heavy atom. The quantitative estimate of drug-likeness (QED) is 0.796. The van der Waals surface area contributed by atoms with E-state index in [-0.39, 0.29) is 30.3 Å². The minimum Gasteiger partial charge on any atom is -0.471 e. The number of rotatable bonds is 4. The summed E-state index contributed by atoms with van der Waals surface area (Å²) in [5, 5.41) is 8.03. The van der Waals surface area contributed by atoms with Crippen LogP contribution >= 0.6 is 0 Å². The second-order valence-corrected chi connectivity index (χ2v) is 8.00. The number of likely N-dealkylation sites (tertiary alicyclic amines) is 1. The Bertz CT molecular complexity index is 928. The van der Waals surface area contributed by atoms with Crippen LogP contribution in [0.1, 0.15) is 29.7 Å². The first kappa shape index (κ1) is 19.4. The van der Waals surface area contributed by atoms with Gasteiger partial charge in [0.2, 0.25) is 17.7 Å². The van der Waals surface area contributed by atoms with Crippen molar-refractivity contribution < 1.29 is 14.3 Å². The summed E-state index contributed by atoms with van der Waals surface area (Å²) in [5.74, 6) is 0.216. The van der Waals surface area contributed by atoms with Gasteiger partial charge in [0.05, 0.1) is 18.2 Å². The summed E-state index contributed by atoms with van der Waals surface area (Å²) in [6.45, 7) is 7.54. The number of amides is 2. The Morgan fingerprint density at radius 1 is 1.07 bits per heavy atom. The van der Waals surface area contributed by atoms with Crippen LogP contribution in [0.5, 0.6) is 5.88 Å². The number of nitrogens with zero attached hydrogens (tertiary/aromatic N) is 4. The van der Waals surface area contributed by atoms with E-state index in [1.165, 1.54) is 5.56 Å². The monoisotopic (exact) mass is 394 g/mol. The van der Waals surface area contributed by atoms with Crippen molar-refractivity contribution in [3.8, 4) is 5.88 Å². The normalized spacial score (nSPS) is 21.7. The predicted octanol–water partition coefficient (Wildman–Crippen LogP) is 2.43. The lowest BCUT2D eigenvalue weighted by Crippen LogP contribution is -2.37. The molecule has 0 bridgehead atoms. The maximum atomic E-state index is 13.0. The Labute approximate surface area is 170 Å². The smallest absolute Gasteiger partial charge is 0.233 e. The van der Waals surface area contributed by atoms with Crippen molar-refractivity contribution in [1.29, 1.82) is 0 Å². The first-order chi connectivity index (χ1) is 13.9. The van der Waals surface area contributed by atoms with Crippen LogP contribution in [-0.4, -0.2) is 52.6 Å². The van der Waals surface area contributed by atoms with Crippen molar-refractivity contribution >= 4 is 17.5 Å². The molecule has 7 nitrogen and oxygen atoms in total. The SMILES string of the molecule is Cc1ccc(OC2CCN(C(=O)C3CC(=O)N(c4ccc(C)c(C)c4)C3)C2)nn1. The molecule has 2 amide bonds. The van der Waals surface area contributed by atoms with E-state index in [1.807, 2.05) is 49.9 Å². The highest BCUT2D eigenvalue weighted by molar-refractivity contribution is 6.00. The number of hydrogen-bond donors (Lipinski definition) is 0. The average Bonchev–Trinajstić information content (AvgIpc) is 3.32. The molecule has 0 N–H and O–H groups in total. The number of anilines is 1. The highest BCUT2D eigenvalue weighted by Gasteiger charge is 2.39. The summed E-state index contributed by atoms with van der Waals surface area (Å²) in [6.07, 6.45) is 0.920. The van der Waals surface area contributed by atoms with E-state index in [1.54, 1.807) is 11.0 Å². The number of ether oxygens (including phenoxy) is 1. The van der Waals surface area contributed by atoms with Crippen LogP contribution in [0.4, 0.5) is 5.69 Å². The molecule has 2 atom stereocenters. The molecule has 1 aromatic carbocycles. The molecule has 2 unspecified atom stereocenters. The number of benzene rings is 1. The summed E-state index contributed by atoms with van der Waals surface area (Å²) in [7, 11) is 0. The molecule has 152 valence electrons. The van der Waals surface area contributed by atoms with Gasteiger partial charge in [0.1, 0.15) is 6.10 Å².